The fourth-order valence-corrected chi connectivity index (χ4v) is 8.05. The van der Waals surface area contributed by atoms with Gasteiger partial charge in [-0.3, -0.25) is 4.79 Å². The molecule has 4 fully saturated rings. The fourth-order valence-electron chi connectivity index (χ4n) is 8.05. The van der Waals surface area contributed by atoms with Crippen molar-refractivity contribution in [1.29, 1.82) is 0 Å². The molecule has 4 aliphatic rings. The molecule has 6 rings (SSSR count). The van der Waals surface area contributed by atoms with E-state index in [1.807, 2.05) is 0 Å². The van der Waals surface area contributed by atoms with E-state index in [0.29, 0.717) is 17.7 Å². The van der Waals surface area contributed by atoms with Crippen LogP contribution in [0.2, 0.25) is 0 Å². The van der Waals surface area contributed by atoms with Crippen molar-refractivity contribution < 1.29 is 20.1 Å². The zero-order valence-corrected chi connectivity index (χ0v) is 21.2. The largest absolute Gasteiger partial charge is 0.508 e. The summed E-state index contributed by atoms with van der Waals surface area (Å²) in [7, 11) is 0. The Morgan fingerprint density at radius 1 is 1.06 bits per heavy atom. The third-order valence-corrected chi connectivity index (χ3v) is 9.13. The van der Waals surface area contributed by atoms with Crippen LogP contribution >= 0.6 is 0 Å². The van der Waals surface area contributed by atoms with Crippen LogP contribution in [0, 0.1) is 23.2 Å². The van der Waals surface area contributed by atoms with Gasteiger partial charge in [0.05, 0.1) is 18.6 Å². The van der Waals surface area contributed by atoms with E-state index in [1.165, 1.54) is 25.3 Å². The number of aliphatic hydroxyl groups excluding tert-OH is 2. The van der Waals surface area contributed by atoms with Gasteiger partial charge in [0.25, 0.3) is 0 Å². The van der Waals surface area contributed by atoms with Crippen LogP contribution < -0.4 is 11.1 Å². The van der Waals surface area contributed by atoms with E-state index in [2.05, 4.69) is 36.5 Å². The van der Waals surface area contributed by atoms with Gasteiger partial charge >= 0.3 is 0 Å². The van der Waals surface area contributed by atoms with Gasteiger partial charge in [-0.15, -0.1) is 0 Å². The highest BCUT2D eigenvalue weighted by Gasteiger charge is 2.55. The summed E-state index contributed by atoms with van der Waals surface area (Å²) in [6, 6.07) is 13.3. The first-order valence-electron chi connectivity index (χ1n) is 13.5. The van der Waals surface area contributed by atoms with Crippen molar-refractivity contribution >= 4 is 5.91 Å². The van der Waals surface area contributed by atoms with Crippen molar-refractivity contribution in [1.82, 2.24) is 5.32 Å². The predicted octanol–water partition coefficient (Wildman–Crippen LogP) is 3.92. The van der Waals surface area contributed by atoms with Crippen LogP contribution in [0.25, 0.3) is 0 Å². The SMILES string of the molecule is C[C@H](Cc1cccc(C(C(N)=O)C23CC4CC(CC(C4)C2)C3)c1)NC[C@H](O)c1ccc(O)c(CO)c1. The van der Waals surface area contributed by atoms with Crippen LogP contribution in [-0.4, -0.2) is 33.8 Å². The number of carbonyl (C=O) groups is 1. The average molecular weight is 493 g/mol. The highest BCUT2D eigenvalue weighted by atomic mass is 16.3. The maximum absolute atomic E-state index is 12.9. The molecule has 194 valence electrons. The zero-order valence-electron chi connectivity index (χ0n) is 21.2. The number of aliphatic hydroxyl groups is 2. The molecular formula is C30H40N2O4. The lowest BCUT2D eigenvalue weighted by molar-refractivity contribution is -0.130. The van der Waals surface area contributed by atoms with Crippen molar-refractivity contribution in [3.05, 3.63) is 64.7 Å². The first kappa shape index (κ1) is 25.2. The van der Waals surface area contributed by atoms with Gasteiger partial charge in [0.15, 0.2) is 0 Å². The summed E-state index contributed by atoms with van der Waals surface area (Å²) in [5.74, 6) is 1.92. The zero-order chi connectivity index (χ0) is 25.4. The van der Waals surface area contributed by atoms with Crippen LogP contribution in [0.1, 0.15) is 79.7 Å². The molecule has 0 aromatic heterocycles. The molecule has 0 spiro atoms. The van der Waals surface area contributed by atoms with Gasteiger partial charge in [-0.1, -0.05) is 30.3 Å². The molecule has 0 aliphatic heterocycles. The van der Waals surface area contributed by atoms with Gasteiger partial charge in [0, 0.05) is 18.2 Å². The normalized spacial score (nSPS) is 29.1. The number of rotatable bonds is 10. The van der Waals surface area contributed by atoms with Gasteiger partial charge in [0.1, 0.15) is 5.75 Å². The van der Waals surface area contributed by atoms with E-state index in [1.54, 1.807) is 12.1 Å². The van der Waals surface area contributed by atoms with Gasteiger partial charge < -0.3 is 26.4 Å². The molecule has 3 atom stereocenters. The molecule has 36 heavy (non-hydrogen) atoms. The maximum Gasteiger partial charge on any atom is 0.225 e. The molecule has 2 aromatic rings. The second-order valence-corrected chi connectivity index (χ2v) is 11.9. The molecule has 4 aliphatic carbocycles. The lowest BCUT2D eigenvalue weighted by Gasteiger charge is -2.59. The Morgan fingerprint density at radius 2 is 1.72 bits per heavy atom. The van der Waals surface area contributed by atoms with Gasteiger partial charge in [-0.05, 0) is 104 Å². The highest BCUT2D eigenvalue weighted by molar-refractivity contribution is 5.83. The summed E-state index contributed by atoms with van der Waals surface area (Å²) in [6.45, 7) is 2.16. The molecule has 0 radical (unpaired) electrons. The standard InChI is InChI=1S/C30H40N2O4/c1-18(32-16-27(35)23-5-6-26(34)25(12-23)17-33)7-19-3-2-4-24(11-19)28(29(31)36)30-13-20-8-21(14-30)10-22(9-20)15-30/h2-6,11-12,18,20-22,27-28,32-35H,7-10,13-17H2,1H3,(H2,31,36)/t18-,20?,21?,22?,27+,28?,30?/m1/s1. The number of nitrogens with one attached hydrogen (secondary N) is 1. The smallest absolute Gasteiger partial charge is 0.225 e. The number of amides is 1. The second-order valence-electron chi connectivity index (χ2n) is 11.9. The van der Waals surface area contributed by atoms with E-state index >= 15 is 0 Å². The molecule has 1 unspecified atom stereocenters. The highest BCUT2D eigenvalue weighted by Crippen LogP contribution is 2.64. The van der Waals surface area contributed by atoms with Gasteiger partial charge in [0.2, 0.25) is 5.91 Å². The van der Waals surface area contributed by atoms with Crippen LogP contribution in [0.4, 0.5) is 0 Å². The molecular weight excluding hydrogens is 452 g/mol. The predicted molar refractivity (Wildman–Crippen MR) is 139 cm³/mol. The van der Waals surface area contributed by atoms with Crippen molar-refractivity contribution in [2.24, 2.45) is 28.9 Å². The molecule has 4 bridgehead atoms. The minimum Gasteiger partial charge on any atom is -0.508 e. The van der Waals surface area contributed by atoms with Crippen molar-refractivity contribution in [2.75, 3.05) is 6.54 Å². The summed E-state index contributed by atoms with van der Waals surface area (Å²) in [6.07, 6.45) is 7.46. The number of carbonyl (C=O) groups excluding carboxylic acids is 1. The molecule has 1 amide bonds. The minimum absolute atomic E-state index is 0.0254. The van der Waals surface area contributed by atoms with E-state index in [9.17, 15) is 20.1 Å². The number of primary amides is 1. The second kappa shape index (κ2) is 10.2. The summed E-state index contributed by atoms with van der Waals surface area (Å²) >= 11 is 0. The van der Waals surface area contributed by atoms with E-state index in [-0.39, 0.29) is 35.6 Å². The fraction of sp³-hybridized carbons (Fsp3) is 0.567. The van der Waals surface area contributed by atoms with E-state index in [0.717, 1.165) is 54.6 Å². The first-order valence-corrected chi connectivity index (χ1v) is 13.5. The topological polar surface area (TPSA) is 116 Å². The molecule has 0 saturated heterocycles. The van der Waals surface area contributed by atoms with Crippen LogP contribution in [0.3, 0.4) is 0 Å². The Balaban J connectivity index is 1.25. The maximum atomic E-state index is 12.9. The Kier molecular flexibility index (Phi) is 7.12. The van der Waals surface area contributed by atoms with E-state index in [4.69, 9.17) is 5.73 Å². The number of hydrogen-bond acceptors (Lipinski definition) is 5. The summed E-state index contributed by atoms with van der Waals surface area (Å²) in [5.41, 5.74) is 9.41. The number of phenols is 1. The first-order chi connectivity index (χ1) is 17.3. The monoisotopic (exact) mass is 492 g/mol. The van der Waals surface area contributed by atoms with E-state index < -0.39 is 6.10 Å². The average Bonchev–Trinajstić information content (AvgIpc) is 2.82. The third-order valence-electron chi connectivity index (χ3n) is 9.13. The molecule has 6 N–H and O–H groups in total. The summed E-state index contributed by atoms with van der Waals surface area (Å²) in [5, 5.41) is 33.1. The molecule has 6 nitrogen and oxygen atoms in total. The van der Waals surface area contributed by atoms with Gasteiger partial charge in [-0.2, -0.15) is 0 Å². The molecule has 2 aromatic carbocycles. The minimum atomic E-state index is -0.750. The lowest BCUT2D eigenvalue weighted by atomic mass is 9.45. The lowest BCUT2D eigenvalue weighted by Crippen LogP contribution is -2.51. The quantitative estimate of drug-likeness (QED) is 0.345. The van der Waals surface area contributed by atoms with Crippen LogP contribution in [-0.2, 0) is 17.8 Å². The Labute approximate surface area is 213 Å². The summed E-state index contributed by atoms with van der Waals surface area (Å²) in [4.78, 5) is 12.9. The third kappa shape index (κ3) is 5.04. The number of aromatic hydroxyl groups is 1. The van der Waals surface area contributed by atoms with Crippen LogP contribution in [0.15, 0.2) is 42.5 Å². The Morgan fingerprint density at radius 3 is 2.33 bits per heavy atom. The van der Waals surface area contributed by atoms with Crippen molar-refractivity contribution in [3.63, 3.8) is 0 Å². The number of hydrogen-bond donors (Lipinski definition) is 5. The molecule has 6 heteroatoms. The molecule has 0 heterocycles. The van der Waals surface area contributed by atoms with Gasteiger partial charge in [-0.25, -0.2) is 0 Å². The number of benzene rings is 2. The number of nitrogens with two attached hydrogens (primary N) is 1. The van der Waals surface area contributed by atoms with Crippen molar-refractivity contribution in [3.8, 4) is 5.75 Å². The van der Waals surface area contributed by atoms with Crippen LogP contribution in [0.5, 0.6) is 5.75 Å². The molecule has 4 saturated carbocycles. The van der Waals surface area contributed by atoms with Crippen molar-refractivity contribution in [2.45, 2.75) is 76.5 Å². The Hall–Kier alpha value is -2.41. The Bertz CT molecular complexity index is 1060. The summed E-state index contributed by atoms with van der Waals surface area (Å²) < 4.78 is 0.